The highest BCUT2D eigenvalue weighted by atomic mass is 35.5. The Kier molecular flexibility index (Phi) is 7.72. The zero-order valence-corrected chi connectivity index (χ0v) is 15.8. The smallest absolute Gasteiger partial charge is 0.253 e. The number of anilines is 2. The van der Waals surface area contributed by atoms with E-state index in [9.17, 15) is 4.79 Å². The number of aryl methyl sites for hydroxylation is 1. The van der Waals surface area contributed by atoms with Crippen LogP contribution in [0.2, 0.25) is 0 Å². The van der Waals surface area contributed by atoms with Gasteiger partial charge in [0.2, 0.25) is 5.13 Å². The summed E-state index contributed by atoms with van der Waals surface area (Å²) < 4.78 is 4.32. The van der Waals surface area contributed by atoms with Crippen molar-refractivity contribution >= 4 is 53.1 Å². The minimum atomic E-state index is 0. The Morgan fingerprint density at radius 2 is 1.79 bits per heavy atom. The highest BCUT2D eigenvalue weighted by Gasteiger charge is 2.23. The van der Waals surface area contributed by atoms with Crippen LogP contribution in [0.1, 0.15) is 23.1 Å². The van der Waals surface area contributed by atoms with E-state index in [0.29, 0.717) is 24.3 Å². The normalized spacial score (nSPS) is 13.9. The molecule has 0 atom stereocenters. The number of hydrogen-bond donors (Lipinski definition) is 1. The number of piperazine rings is 1. The van der Waals surface area contributed by atoms with E-state index < -0.39 is 0 Å². The number of aromatic nitrogens is 2. The summed E-state index contributed by atoms with van der Waals surface area (Å²) in [4.78, 5) is 21.0. The van der Waals surface area contributed by atoms with Gasteiger partial charge in [-0.25, -0.2) is 4.98 Å². The number of carbonyl (C=O) groups is 1. The fourth-order valence-corrected chi connectivity index (χ4v) is 3.23. The van der Waals surface area contributed by atoms with Crippen LogP contribution >= 0.6 is 36.3 Å². The number of nitrogens with zero attached hydrogens (tertiary/aromatic N) is 4. The summed E-state index contributed by atoms with van der Waals surface area (Å²) in [6, 6.07) is 7.08. The van der Waals surface area contributed by atoms with E-state index in [4.69, 9.17) is 5.73 Å². The number of nitrogen functional groups attached to an aromatic ring is 1. The van der Waals surface area contributed by atoms with Crippen LogP contribution in [0, 0.1) is 0 Å². The van der Waals surface area contributed by atoms with Crippen molar-refractivity contribution in [2.45, 2.75) is 13.3 Å². The quantitative estimate of drug-likeness (QED) is 0.815. The molecule has 9 heteroatoms. The number of amides is 1. The molecule has 0 aliphatic carbocycles. The maximum atomic E-state index is 12.4. The van der Waals surface area contributed by atoms with Crippen molar-refractivity contribution in [1.82, 2.24) is 14.3 Å². The molecule has 1 aliphatic rings. The van der Waals surface area contributed by atoms with Crippen LogP contribution in [-0.2, 0) is 6.42 Å². The maximum Gasteiger partial charge on any atom is 0.253 e. The maximum absolute atomic E-state index is 12.4. The predicted octanol–water partition coefficient (Wildman–Crippen LogP) is 2.49. The van der Waals surface area contributed by atoms with Crippen molar-refractivity contribution in [1.29, 1.82) is 0 Å². The summed E-state index contributed by atoms with van der Waals surface area (Å²) in [5.41, 5.74) is 7.02. The van der Waals surface area contributed by atoms with Gasteiger partial charge < -0.3 is 15.5 Å². The van der Waals surface area contributed by atoms with Gasteiger partial charge in [0.1, 0.15) is 5.82 Å². The molecule has 1 aliphatic heterocycles. The molecule has 2 N–H and O–H groups in total. The van der Waals surface area contributed by atoms with Crippen molar-refractivity contribution < 1.29 is 4.79 Å². The zero-order chi connectivity index (χ0) is 15.5. The van der Waals surface area contributed by atoms with Crippen LogP contribution < -0.4 is 10.6 Å². The van der Waals surface area contributed by atoms with Crippen LogP contribution in [0.15, 0.2) is 24.3 Å². The van der Waals surface area contributed by atoms with Gasteiger partial charge in [0.25, 0.3) is 5.91 Å². The third kappa shape index (κ3) is 4.49. The molecule has 0 unspecified atom stereocenters. The van der Waals surface area contributed by atoms with Gasteiger partial charge in [0.15, 0.2) is 0 Å². The molecule has 132 valence electrons. The fourth-order valence-electron chi connectivity index (χ4n) is 2.43. The van der Waals surface area contributed by atoms with Crippen LogP contribution in [0.5, 0.6) is 0 Å². The number of nitrogens with two attached hydrogens (primary N) is 1. The highest BCUT2D eigenvalue weighted by Crippen LogP contribution is 2.20. The highest BCUT2D eigenvalue weighted by molar-refractivity contribution is 7.09. The van der Waals surface area contributed by atoms with Crippen LogP contribution in [-0.4, -0.2) is 46.3 Å². The second-order valence-electron chi connectivity index (χ2n) is 5.25. The van der Waals surface area contributed by atoms with Crippen molar-refractivity contribution in [2.75, 3.05) is 36.8 Å². The first kappa shape index (κ1) is 20.5. The van der Waals surface area contributed by atoms with Gasteiger partial charge in [-0.2, -0.15) is 4.37 Å². The first-order valence-corrected chi connectivity index (χ1v) is 8.17. The Balaban J connectivity index is 0.00000144. The molecule has 1 fully saturated rings. The van der Waals surface area contributed by atoms with E-state index in [2.05, 4.69) is 21.2 Å². The summed E-state index contributed by atoms with van der Waals surface area (Å²) in [5.74, 6) is 0.951. The molecule has 3 rings (SSSR count). The van der Waals surface area contributed by atoms with E-state index >= 15 is 0 Å². The Morgan fingerprint density at radius 3 is 2.33 bits per heavy atom. The molecule has 1 saturated heterocycles. The second-order valence-corrected chi connectivity index (χ2v) is 5.98. The van der Waals surface area contributed by atoms with Crippen LogP contribution in [0.25, 0.3) is 0 Å². The monoisotopic (exact) mass is 389 g/mol. The zero-order valence-electron chi connectivity index (χ0n) is 13.3. The molecule has 1 aromatic carbocycles. The lowest BCUT2D eigenvalue weighted by molar-refractivity contribution is 0.0747. The minimum absolute atomic E-state index is 0. The fraction of sp³-hybridized carbons (Fsp3) is 0.400. The van der Waals surface area contributed by atoms with Gasteiger partial charge in [-0.15, -0.1) is 24.8 Å². The predicted molar refractivity (Wildman–Crippen MR) is 103 cm³/mol. The number of halogens is 2. The van der Waals surface area contributed by atoms with Crippen molar-refractivity contribution in [3.63, 3.8) is 0 Å². The largest absolute Gasteiger partial charge is 0.399 e. The molecule has 2 aromatic rings. The van der Waals surface area contributed by atoms with Gasteiger partial charge in [0.05, 0.1) is 0 Å². The Bertz CT molecular complexity index is 656. The lowest BCUT2D eigenvalue weighted by Crippen LogP contribution is -2.48. The topological polar surface area (TPSA) is 75.4 Å². The van der Waals surface area contributed by atoms with Crippen LogP contribution in [0.4, 0.5) is 10.8 Å². The molecule has 1 aromatic heterocycles. The van der Waals surface area contributed by atoms with Crippen molar-refractivity contribution in [2.24, 2.45) is 0 Å². The number of hydrogen-bond acceptors (Lipinski definition) is 6. The molecule has 0 saturated carbocycles. The summed E-state index contributed by atoms with van der Waals surface area (Å²) in [6.45, 7) is 5.03. The SMILES string of the molecule is CCc1nsc(N2CCN(C(=O)c3ccc(N)cc3)CC2)n1.Cl.Cl. The standard InChI is InChI=1S/C15H19N5OS.2ClH/c1-2-13-17-15(22-18-13)20-9-7-19(8-10-20)14(21)11-3-5-12(16)6-4-11;;/h3-6H,2,7-10,16H2,1H3;2*1H. The molecule has 0 bridgehead atoms. The Hall–Kier alpha value is -1.57. The van der Waals surface area contributed by atoms with E-state index in [1.807, 2.05) is 4.90 Å². The number of carbonyl (C=O) groups excluding carboxylic acids is 1. The van der Waals surface area contributed by atoms with Gasteiger partial charge in [0, 0.05) is 55.4 Å². The second kappa shape index (κ2) is 9.05. The van der Waals surface area contributed by atoms with E-state index in [1.165, 1.54) is 11.5 Å². The van der Waals surface area contributed by atoms with E-state index in [1.54, 1.807) is 24.3 Å². The molecular weight excluding hydrogens is 369 g/mol. The molecule has 1 amide bonds. The first-order valence-electron chi connectivity index (χ1n) is 7.39. The van der Waals surface area contributed by atoms with Gasteiger partial charge in [-0.05, 0) is 24.3 Å². The first-order chi connectivity index (χ1) is 10.7. The Morgan fingerprint density at radius 1 is 1.17 bits per heavy atom. The summed E-state index contributed by atoms with van der Waals surface area (Å²) in [6.07, 6.45) is 0.853. The van der Waals surface area contributed by atoms with Gasteiger partial charge in [-0.1, -0.05) is 6.92 Å². The molecule has 6 nitrogen and oxygen atoms in total. The number of rotatable bonds is 3. The summed E-state index contributed by atoms with van der Waals surface area (Å²) >= 11 is 1.44. The molecule has 2 heterocycles. The lowest BCUT2D eigenvalue weighted by Gasteiger charge is -2.34. The van der Waals surface area contributed by atoms with E-state index in [-0.39, 0.29) is 30.7 Å². The molecule has 0 radical (unpaired) electrons. The van der Waals surface area contributed by atoms with Crippen LogP contribution in [0.3, 0.4) is 0 Å². The number of benzene rings is 1. The summed E-state index contributed by atoms with van der Waals surface area (Å²) in [7, 11) is 0. The van der Waals surface area contributed by atoms with E-state index in [0.717, 1.165) is 30.5 Å². The van der Waals surface area contributed by atoms with Crippen molar-refractivity contribution in [3.8, 4) is 0 Å². The average Bonchev–Trinajstić information content (AvgIpc) is 3.04. The van der Waals surface area contributed by atoms with Crippen molar-refractivity contribution in [3.05, 3.63) is 35.7 Å². The van der Waals surface area contributed by atoms with Gasteiger partial charge in [-0.3, -0.25) is 4.79 Å². The third-order valence-corrected chi connectivity index (χ3v) is 4.58. The van der Waals surface area contributed by atoms with Gasteiger partial charge >= 0.3 is 0 Å². The molecule has 0 spiro atoms. The molecule has 24 heavy (non-hydrogen) atoms. The Labute approximate surface area is 158 Å². The minimum Gasteiger partial charge on any atom is -0.399 e. The lowest BCUT2D eigenvalue weighted by atomic mass is 10.1. The summed E-state index contributed by atoms with van der Waals surface area (Å²) in [5, 5.41) is 0.955. The average molecular weight is 390 g/mol. The molecular formula is C15H21Cl2N5OS. The third-order valence-electron chi connectivity index (χ3n) is 3.77.